The minimum absolute atomic E-state index is 0.0518. The molecule has 0 fully saturated rings. The summed E-state index contributed by atoms with van der Waals surface area (Å²) < 4.78 is 81.1. The molecule has 3 heteroatoms. The third-order valence-corrected chi connectivity index (χ3v) is 9.62. The zero-order chi connectivity index (χ0) is 42.1. The minimum atomic E-state index is -0.394. The van der Waals surface area contributed by atoms with Crippen LogP contribution in [0.4, 0.5) is 0 Å². The molecule has 2 aromatic heterocycles. The predicted molar refractivity (Wildman–Crippen MR) is 219 cm³/mol. The molecule has 3 nitrogen and oxygen atoms in total. The molecule has 2 heterocycles. The molecule has 0 aliphatic carbocycles. The van der Waals surface area contributed by atoms with E-state index in [0.717, 1.165) is 32.7 Å². The summed E-state index contributed by atoms with van der Waals surface area (Å²) in [6, 6.07) is 38.1. The normalized spacial score (nSPS) is 13.5. The summed E-state index contributed by atoms with van der Waals surface area (Å²) >= 11 is 0. The molecule has 0 bridgehead atoms. The maximum Gasteiger partial charge on any atom is 0.144 e. The van der Waals surface area contributed by atoms with E-state index in [4.69, 9.17) is 9.90 Å². The Kier molecular flexibility index (Phi) is 5.69. The van der Waals surface area contributed by atoms with Crippen molar-refractivity contribution in [2.75, 3.05) is 0 Å². The third kappa shape index (κ3) is 5.30. The SMILES string of the molecule is [2H]c1c([2H])c(-c2cncnc2)c([2H])c(-c2c(-c3c4ccccc4c(-c4ccccc4)c4ccccc34)oc3c(-c4c([2H])c([2H])c([2H])c(-c5ccccc5)c4[2H])cccc23)c1[2H]. The molecule has 0 aliphatic rings. The fraction of sp³-hybridized carbons (Fsp3) is 0. The summed E-state index contributed by atoms with van der Waals surface area (Å²) in [4.78, 5) is 8.28. The van der Waals surface area contributed by atoms with Gasteiger partial charge in [-0.25, -0.2) is 9.97 Å². The quantitative estimate of drug-likeness (QED) is 0.164. The van der Waals surface area contributed by atoms with Gasteiger partial charge >= 0.3 is 0 Å². The van der Waals surface area contributed by atoms with Crippen LogP contribution in [0.3, 0.4) is 0 Å². The van der Waals surface area contributed by atoms with Crippen molar-refractivity contribution in [1.82, 2.24) is 9.97 Å². The molecule has 8 aromatic carbocycles. The molecule has 0 aliphatic heterocycles. The number of para-hydroxylation sites is 1. The van der Waals surface area contributed by atoms with Gasteiger partial charge in [0.1, 0.15) is 17.7 Å². The van der Waals surface area contributed by atoms with Gasteiger partial charge in [0.05, 0.1) is 11.0 Å². The Labute approximate surface area is 318 Å². The van der Waals surface area contributed by atoms with Gasteiger partial charge in [0, 0.05) is 40.0 Å². The van der Waals surface area contributed by atoms with Crippen LogP contribution in [0.15, 0.2) is 199 Å². The van der Waals surface area contributed by atoms with Crippen molar-refractivity contribution in [1.29, 1.82) is 0 Å². The summed E-state index contributed by atoms with van der Waals surface area (Å²) in [5.74, 6) is 0.286. The molecule has 0 N–H and O–H groups in total. The van der Waals surface area contributed by atoms with Crippen molar-refractivity contribution in [2.45, 2.75) is 0 Å². The van der Waals surface area contributed by atoms with Crippen molar-refractivity contribution >= 4 is 32.5 Å². The Bertz CT molecular complexity index is 3340. The second-order valence-electron chi connectivity index (χ2n) is 12.7. The predicted octanol–water partition coefficient (Wildman–Crippen LogP) is 13.5. The van der Waals surface area contributed by atoms with Gasteiger partial charge in [-0.15, -0.1) is 0 Å². The van der Waals surface area contributed by atoms with Gasteiger partial charge in [-0.05, 0) is 72.6 Å². The molecule has 0 spiro atoms. The molecule has 0 radical (unpaired) electrons. The molecule has 0 unspecified atom stereocenters. The number of fused-ring (bicyclic) bond motifs is 3. The van der Waals surface area contributed by atoms with Crippen LogP contribution in [0.2, 0.25) is 0 Å². The van der Waals surface area contributed by atoms with Crippen LogP contribution in [0.25, 0.3) is 99.5 Å². The molecule has 0 saturated carbocycles. The summed E-state index contributed by atoms with van der Waals surface area (Å²) in [5, 5.41) is 3.93. The van der Waals surface area contributed by atoms with Crippen LogP contribution in [0.1, 0.15) is 11.0 Å². The number of rotatable bonds is 6. The molecule has 53 heavy (non-hydrogen) atoms. The van der Waals surface area contributed by atoms with Crippen molar-refractivity contribution in [2.24, 2.45) is 0 Å². The van der Waals surface area contributed by atoms with E-state index < -0.39 is 6.04 Å². The van der Waals surface area contributed by atoms with E-state index in [-0.39, 0.29) is 75.9 Å². The average Bonchev–Trinajstić information content (AvgIpc) is 3.67. The van der Waals surface area contributed by atoms with Crippen molar-refractivity contribution in [3.8, 4) is 67.0 Å². The van der Waals surface area contributed by atoms with Gasteiger partial charge < -0.3 is 4.42 Å². The molecule has 10 rings (SSSR count). The molecular formula is C50H32N2O. The number of benzene rings is 8. The standard InChI is InChI=1S/C50H32N2O/c1-3-14-33(15-4-1)35-18-11-20-37(28-35)40-26-13-27-45-47(38-21-12-19-36(29-38)39-30-51-32-52-31-39)50(53-49(40)45)48-43-24-9-7-22-41(43)46(34-16-5-2-6-17-34)42-23-8-10-25-44(42)48/h1-32H/i11D,12D,18D,19D,20D,21D,28D,29D. The Hall–Kier alpha value is -7.10. The van der Waals surface area contributed by atoms with Gasteiger partial charge in [0.2, 0.25) is 0 Å². The van der Waals surface area contributed by atoms with Crippen LogP contribution in [0, 0.1) is 0 Å². The minimum Gasteiger partial charge on any atom is -0.455 e. The van der Waals surface area contributed by atoms with Crippen LogP contribution in [-0.4, -0.2) is 9.97 Å². The van der Waals surface area contributed by atoms with E-state index in [1.807, 2.05) is 60.7 Å². The Morgan fingerprint density at radius 2 is 0.906 bits per heavy atom. The van der Waals surface area contributed by atoms with Gasteiger partial charge in [0.15, 0.2) is 0 Å². The number of hydrogen-bond donors (Lipinski definition) is 0. The molecule has 0 atom stereocenters. The number of aromatic nitrogens is 2. The third-order valence-electron chi connectivity index (χ3n) is 9.62. The van der Waals surface area contributed by atoms with E-state index in [1.165, 1.54) is 18.7 Å². The second-order valence-corrected chi connectivity index (χ2v) is 12.7. The fourth-order valence-electron chi connectivity index (χ4n) is 7.30. The Morgan fingerprint density at radius 1 is 0.396 bits per heavy atom. The smallest absolute Gasteiger partial charge is 0.144 e. The highest BCUT2D eigenvalue weighted by Gasteiger charge is 2.25. The van der Waals surface area contributed by atoms with Gasteiger partial charge in [-0.3, -0.25) is 0 Å². The van der Waals surface area contributed by atoms with E-state index in [0.29, 0.717) is 33.2 Å². The fourth-order valence-corrected chi connectivity index (χ4v) is 7.30. The first-order valence-corrected chi connectivity index (χ1v) is 17.2. The Balaban J connectivity index is 1.40. The number of hydrogen-bond acceptors (Lipinski definition) is 3. The lowest BCUT2D eigenvalue weighted by atomic mass is 9.86. The average molecular weight is 685 g/mol. The van der Waals surface area contributed by atoms with Crippen LogP contribution < -0.4 is 0 Å². The highest BCUT2D eigenvalue weighted by molar-refractivity contribution is 6.23. The van der Waals surface area contributed by atoms with Crippen molar-refractivity contribution in [3.63, 3.8) is 0 Å². The first kappa shape index (κ1) is 23.4. The van der Waals surface area contributed by atoms with Crippen molar-refractivity contribution in [3.05, 3.63) is 194 Å². The maximum absolute atomic E-state index is 9.78. The molecular weight excluding hydrogens is 645 g/mol. The zero-order valence-electron chi connectivity index (χ0n) is 36.2. The first-order valence-electron chi connectivity index (χ1n) is 21.2. The summed E-state index contributed by atoms with van der Waals surface area (Å²) in [6.45, 7) is 0. The van der Waals surface area contributed by atoms with E-state index in [1.54, 1.807) is 42.5 Å². The number of nitrogens with zero attached hydrogens (tertiary/aromatic N) is 2. The lowest BCUT2D eigenvalue weighted by Gasteiger charge is -2.17. The highest BCUT2D eigenvalue weighted by Crippen LogP contribution is 2.50. The van der Waals surface area contributed by atoms with Gasteiger partial charge in [-0.2, -0.15) is 0 Å². The van der Waals surface area contributed by atoms with Crippen LogP contribution in [-0.2, 0) is 0 Å². The molecule has 10 aromatic rings. The molecule has 0 amide bonds. The number of furan rings is 1. The van der Waals surface area contributed by atoms with Gasteiger partial charge in [0.25, 0.3) is 0 Å². The van der Waals surface area contributed by atoms with Crippen LogP contribution in [0.5, 0.6) is 0 Å². The monoisotopic (exact) mass is 684 g/mol. The lowest BCUT2D eigenvalue weighted by molar-refractivity contribution is 0.635. The highest BCUT2D eigenvalue weighted by atomic mass is 16.3. The topological polar surface area (TPSA) is 38.9 Å². The van der Waals surface area contributed by atoms with E-state index in [9.17, 15) is 5.48 Å². The van der Waals surface area contributed by atoms with Gasteiger partial charge in [-0.1, -0.05) is 164 Å². The summed E-state index contributed by atoms with van der Waals surface area (Å²) in [5.41, 5.74) is 4.90. The second kappa shape index (κ2) is 12.9. The van der Waals surface area contributed by atoms with Crippen LogP contribution >= 0.6 is 0 Å². The first-order chi connectivity index (χ1) is 29.7. The largest absolute Gasteiger partial charge is 0.455 e. The lowest BCUT2D eigenvalue weighted by Crippen LogP contribution is -1.91. The molecule has 248 valence electrons. The van der Waals surface area contributed by atoms with Crippen molar-refractivity contribution < 1.29 is 15.4 Å². The summed E-state index contributed by atoms with van der Waals surface area (Å²) in [6.07, 6.45) is 4.30. The van der Waals surface area contributed by atoms with E-state index in [2.05, 4.69) is 34.2 Å². The van der Waals surface area contributed by atoms with E-state index >= 15 is 0 Å². The Morgan fingerprint density at radius 3 is 1.57 bits per heavy atom. The zero-order valence-corrected chi connectivity index (χ0v) is 28.2. The maximum atomic E-state index is 9.78. The summed E-state index contributed by atoms with van der Waals surface area (Å²) in [7, 11) is 0. The molecule has 0 saturated heterocycles.